The molecule has 0 spiro atoms. The van der Waals surface area contributed by atoms with Gasteiger partial charge in [0.05, 0.1) is 6.33 Å². The smallest absolute Gasteiger partial charge is 0.326 e. The van der Waals surface area contributed by atoms with Crippen LogP contribution in [0.15, 0.2) is 39.7 Å². The number of carbonyl (C=O) groups excluding carboxylic acids is 1. The van der Waals surface area contributed by atoms with E-state index in [2.05, 4.69) is 47.1 Å². The first-order valence-electron chi connectivity index (χ1n) is 5.92. The standard InChI is InChI=1S/C13H11Br2N3O3/c14-8-1-7(2-9(15)3-8)12(19)18-11(13(20)21)4-10-5-16-6-17-10/h1-3,5-6,11H,4H2,(H,16,17)(H,18,19)(H,20,21)/t11-/m1/s1. The van der Waals surface area contributed by atoms with E-state index in [1.54, 1.807) is 18.2 Å². The molecule has 2 rings (SSSR count). The summed E-state index contributed by atoms with van der Waals surface area (Å²) >= 11 is 6.57. The molecule has 0 radical (unpaired) electrons. The lowest BCUT2D eigenvalue weighted by molar-refractivity contribution is -0.139. The second-order valence-electron chi connectivity index (χ2n) is 4.30. The number of amides is 1. The number of aromatic nitrogens is 2. The van der Waals surface area contributed by atoms with Crippen LogP contribution in [0.4, 0.5) is 0 Å². The second kappa shape index (κ2) is 6.86. The summed E-state index contributed by atoms with van der Waals surface area (Å²) in [6.45, 7) is 0. The van der Waals surface area contributed by atoms with Gasteiger partial charge in [-0.25, -0.2) is 9.78 Å². The number of carboxylic acid groups (broad SMARTS) is 1. The van der Waals surface area contributed by atoms with E-state index in [9.17, 15) is 14.7 Å². The Labute approximate surface area is 137 Å². The van der Waals surface area contributed by atoms with Gasteiger partial charge in [-0.2, -0.15) is 0 Å². The van der Waals surface area contributed by atoms with Crippen molar-refractivity contribution in [2.24, 2.45) is 0 Å². The Morgan fingerprint density at radius 2 is 1.95 bits per heavy atom. The molecular weight excluding hydrogens is 406 g/mol. The Hall–Kier alpha value is -1.67. The third kappa shape index (κ3) is 4.40. The van der Waals surface area contributed by atoms with Crippen LogP contribution in [0.3, 0.4) is 0 Å². The van der Waals surface area contributed by atoms with Crippen LogP contribution >= 0.6 is 31.9 Å². The highest BCUT2D eigenvalue weighted by atomic mass is 79.9. The maximum atomic E-state index is 12.2. The number of rotatable bonds is 5. The van der Waals surface area contributed by atoms with Gasteiger partial charge in [-0.1, -0.05) is 31.9 Å². The summed E-state index contributed by atoms with van der Waals surface area (Å²) in [5.74, 6) is -1.56. The van der Waals surface area contributed by atoms with Crippen LogP contribution < -0.4 is 5.32 Å². The van der Waals surface area contributed by atoms with Crippen molar-refractivity contribution < 1.29 is 14.7 Å². The first-order chi connectivity index (χ1) is 9.95. The van der Waals surface area contributed by atoms with E-state index in [4.69, 9.17) is 0 Å². The molecule has 21 heavy (non-hydrogen) atoms. The Morgan fingerprint density at radius 1 is 1.29 bits per heavy atom. The lowest BCUT2D eigenvalue weighted by Crippen LogP contribution is -2.42. The number of imidazole rings is 1. The number of benzene rings is 1. The fraction of sp³-hybridized carbons (Fsp3) is 0.154. The molecule has 0 aliphatic carbocycles. The number of H-pyrrole nitrogens is 1. The van der Waals surface area contributed by atoms with Gasteiger partial charge in [0.2, 0.25) is 0 Å². The molecule has 2 aromatic rings. The molecular formula is C13H11Br2N3O3. The summed E-state index contributed by atoms with van der Waals surface area (Å²) in [7, 11) is 0. The number of aromatic amines is 1. The Kier molecular flexibility index (Phi) is 5.13. The van der Waals surface area contributed by atoms with Gasteiger partial charge >= 0.3 is 5.97 Å². The minimum absolute atomic E-state index is 0.135. The molecule has 0 saturated carbocycles. The van der Waals surface area contributed by atoms with E-state index in [0.717, 1.165) is 8.95 Å². The minimum Gasteiger partial charge on any atom is -0.480 e. The van der Waals surface area contributed by atoms with Crippen LogP contribution in [-0.2, 0) is 11.2 Å². The highest BCUT2D eigenvalue weighted by Gasteiger charge is 2.22. The maximum absolute atomic E-state index is 12.2. The quantitative estimate of drug-likeness (QED) is 0.697. The van der Waals surface area contributed by atoms with Crippen molar-refractivity contribution in [3.63, 3.8) is 0 Å². The number of nitrogens with zero attached hydrogens (tertiary/aromatic N) is 1. The average Bonchev–Trinajstić information content (AvgIpc) is 2.89. The van der Waals surface area contributed by atoms with Gasteiger partial charge in [0.25, 0.3) is 5.91 Å². The number of carbonyl (C=O) groups is 2. The molecule has 0 saturated heterocycles. The third-order valence-electron chi connectivity index (χ3n) is 2.71. The third-order valence-corrected chi connectivity index (χ3v) is 3.62. The van der Waals surface area contributed by atoms with Gasteiger partial charge in [0.1, 0.15) is 6.04 Å². The highest BCUT2D eigenvalue weighted by molar-refractivity contribution is 9.11. The average molecular weight is 417 g/mol. The van der Waals surface area contributed by atoms with Gasteiger partial charge in [-0.3, -0.25) is 4.79 Å². The van der Waals surface area contributed by atoms with Gasteiger partial charge in [-0.15, -0.1) is 0 Å². The molecule has 0 bridgehead atoms. The maximum Gasteiger partial charge on any atom is 0.326 e. The summed E-state index contributed by atoms with van der Waals surface area (Å²) in [6, 6.07) is 4.00. The van der Waals surface area contributed by atoms with Crippen LogP contribution in [0.1, 0.15) is 16.1 Å². The summed E-state index contributed by atoms with van der Waals surface area (Å²) < 4.78 is 1.45. The van der Waals surface area contributed by atoms with Crippen molar-refractivity contribution in [3.8, 4) is 0 Å². The Balaban J connectivity index is 2.12. The zero-order valence-corrected chi connectivity index (χ0v) is 13.8. The van der Waals surface area contributed by atoms with Crippen LogP contribution in [0.25, 0.3) is 0 Å². The van der Waals surface area contributed by atoms with E-state index < -0.39 is 17.9 Å². The zero-order valence-electron chi connectivity index (χ0n) is 10.6. The Bertz CT molecular complexity index is 638. The molecule has 0 unspecified atom stereocenters. The summed E-state index contributed by atoms with van der Waals surface area (Å²) in [4.78, 5) is 30.0. The largest absolute Gasteiger partial charge is 0.480 e. The van der Waals surface area contributed by atoms with Gasteiger partial charge in [-0.05, 0) is 18.2 Å². The van der Waals surface area contributed by atoms with Crippen LogP contribution in [-0.4, -0.2) is 33.0 Å². The van der Waals surface area contributed by atoms with E-state index in [1.807, 2.05) is 0 Å². The molecule has 8 heteroatoms. The number of nitrogens with one attached hydrogen (secondary N) is 2. The van der Waals surface area contributed by atoms with Crippen molar-refractivity contribution in [1.82, 2.24) is 15.3 Å². The summed E-state index contributed by atoms with van der Waals surface area (Å²) in [6.07, 6.45) is 3.12. The van der Waals surface area contributed by atoms with Gasteiger partial charge in [0, 0.05) is 32.8 Å². The minimum atomic E-state index is -1.10. The normalized spacial score (nSPS) is 11.9. The second-order valence-corrected chi connectivity index (χ2v) is 6.13. The van der Waals surface area contributed by atoms with Crippen molar-refractivity contribution in [3.05, 3.63) is 50.9 Å². The van der Waals surface area contributed by atoms with Gasteiger partial charge < -0.3 is 15.4 Å². The number of aliphatic carboxylic acids is 1. The first kappa shape index (κ1) is 15.7. The monoisotopic (exact) mass is 415 g/mol. The molecule has 6 nitrogen and oxygen atoms in total. The van der Waals surface area contributed by atoms with Crippen molar-refractivity contribution in [2.75, 3.05) is 0 Å². The topological polar surface area (TPSA) is 95.1 Å². The predicted octanol–water partition coefficient (Wildman–Crippen LogP) is 2.36. The lowest BCUT2D eigenvalue weighted by atomic mass is 10.1. The molecule has 0 fully saturated rings. The molecule has 1 aromatic carbocycles. The fourth-order valence-corrected chi connectivity index (χ4v) is 3.04. The molecule has 1 heterocycles. The Morgan fingerprint density at radius 3 is 2.48 bits per heavy atom. The first-order valence-corrected chi connectivity index (χ1v) is 7.51. The fourth-order valence-electron chi connectivity index (χ4n) is 1.74. The molecule has 0 aliphatic rings. The van der Waals surface area contributed by atoms with E-state index >= 15 is 0 Å². The number of hydrogen-bond donors (Lipinski definition) is 3. The molecule has 110 valence electrons. The zero-order chi connectivity index (χ0) is 15.4. The molecule has 3 N–H and O–H groups in total. The van der Waals surface area contributed by atoms with E-state index in [0.29, 0.717) is 11.3 Å². The highest BCUT2D eigenvalue weighted by Crippen LogP contribution is 2.20. The van der Waals surface area contributed by atoms with Crippen molar-refractivity contribution >= 4 is 43.7 Å². The van der Waals surface area contributed by atoms with Gasteiger partial charge in [0.15, 0.2) is 0 Å². The van der Waals surface area contributed by atoms with E-state index in [1.165, 1.54) is 12.5 Å². The SMILES string of the molecule is O=C(N[C@H](Cc1cnc[nH]1)C(=O)O)c1cc(Br)cc(Br)c1. The molecule has 1 amide bonds. The summed E-state index contributed by atoms with van der Waals surface area (Å²) in [5, 5.41) is 11.7. The number of carboxylic acids is 1. The van der Waals surface area contributed by atoms with Crippen LogP contribution in [0.2, 0.25) is 0 Å². The van der Waals surface area contributed by atoms with E-state index in [-0.39, 0.29) is 6.42 Å². The van der Waals surface area contributed by atoms with Crippen molar-refractivity contribution in [2.45, 2.75) is 12.5 Å². The van der Waals surface area contributed by atoms with Crippen LogP contribution in [0, 0.1) is 0 Å². The summed E-state index contributed by atoms with van der Waals surface area (Å²) in [5.41, 5.74) is 1.00. The molecule has 1 atom stereocenters. The molecule has 1 aromatic heterocycles. The van der Waals surface area contributed by atoms with Crippen LogP contribution in [0.5, 0.6) is 0 Å². The molecule has 0 aliphatic heterocycles. The lowest BCUT2D eigenvalue weighted by Gasteiger charge is -2.14. The number of hydrogen-bond acceptors (Lipinski definition) is 3. The van der Waals surface area contributed by atoms with Crippen molar-refractivity contribution in [1.29, 1.82) is 0 Å². The predicted molar refractivity (Wildman–Crippen MR) is 83.0 cm³/mol. The number of halogens is 2.